The van der Waals surface area contributed by atoms with E-state index in [1.807, 2.05) is 56.8 Å². The number of rotatable bonds is 11. The van der Waals surface area contributed by atoms with Gasteiger partial charge in [-0.15, -0.1) is 0 Å². The first-order valence-corrected chi connectivity index (χ1v) is 30.1. The molecule has 8 aliphatic rings. The van der Waals surface area contributed by atoms with Gasteiger partial charge in [-0.25, -0.2) is 0 Å². The number of nitrogens with two attached hydrogens (primary N) is 1. The number of aryl methyl sites for hydroxylation is 2. The van der Waals surface area contributed by atoms with Crippen LogP contribution in [0.15, 0.2) is 12.1 Å². The summed E-state index contributed by atoms with van der Waals surface area (Å²) in [4.78, 5) is 70.6. The van der Waals surface area contributed by atoms with E-state index in [0.29, 0.717) is 92.9 Å². The van der Waals surface area contributed by atoms with Crippen molar-refractivity contribution in [2.45, 2.75) is 160 Å². The Morgan fingerprint density at radius 1 is 0.641 bits per heavy atom. The van der Waals surface area contributed by atoms with Crippen LogP contribution in [0.25, 0.3) is 0 Å². The predicted octanol–water partition coefficient (Wildman–Crippen LogP) is 4.53. The molecule has 4 aromatic rings. The van der Waals surface area contributed by atoms with E-state index < -0.39 is 78.3 Å². The molecule has 4 aromatic carbocycles. The number of carbonyl (C=O) groups is 5. The first-order chi connectivity index (χ1) is 43.6. The van der Waals surface area contributed by atoms with Gasteiger partial charge in [0, 0.05) is 95.6 Å². The number of nitrogens with one attached hydrogen (secondary N) is 3. The van der Waals surface area contributed by atoms with Crippen molar-refractivity contribution in [3.8, 4) is 69.6 Å². The van der Waals surface area contributed by atoms with Gasteiger partial charge in [-0.3, -0.25) is 43.6 Å². The van der Waals surface area contributed by atoms with Crippen molar-refractivity contribution < 1.29 is 85.3 Å². The molecule has 8 heterocycles. The Labute approximate surface area is 528 Å². The van der Waals surface area contributed by atoms with Gasteiger partial charge in [0.25, 0.3) is 0 Å². The highest BCUT2D eigenvalue weighted by molar-refractivity contribution is 5.89. The largest absolute Gasteiger partial charge is 0.504 e. The Kier molecular flexibility index (Phi) is 17.1. The van der Waals surface area contributed by atoms with Crippen LogP contribution >= 0.6 is 0 Å². The number of halogens is 3. The molecule has 490 valence electrons. The van der Waals surface area contributed by atoms with Crippen molar-refractivity contribution in [1.82, 2.24) is 35.6 Å². The van der Waals surface area contributed by atoms with E-state index in [9.17, 15) is 57.9 Å². The molecule has 4 bridgehead atoms. The summed E-state index contributed by atoms with van der Waals surface area (Å²) in [5.74, 6) is -1.53. The minimum absolute atomic E-state index is 0.00939. The highest BCUT2D eigenvalue weighted by Gasteiger charge is 2.59. The molecule has 28 heteroatoms. The lowest BCUT2D eigenvalue weighted by Gasteiger charge is -2.60. The van der Waals surface area contributed by atoms with Gasteiger partial charge < -0.3 is 69.8 Å². The van der Waals surface area contributed by atoms with Gasteiger partial charge >= 0.3 is 24.0 Å². The quantitative estimate of drug-likeness (QED) is 0.0887. The average Bonchev–Trinajstić information content (AvgIpc) is 0.879. The fraction of sp³-hybridized carbons (Fsp3) is 0.516. The van der Waals surface area contributed by atoms with Crippen LogP contribution in [0.1, 0.15) is 119 Å². The number of carbonyl (C=O) groups excluding carboxylic acids is 5. The molecule has 0 radical (unpaired) electrons. The van der Waals surface area contributed by atoms with Crippen molar-refractivity contribution in [3.63, 3.8) is 0 Å². The van der Waals surface area contributed by atoms with Gasteiger partial charge in [-0.2, -0.15) is 23.7 Å². The SMILES string of the molecule is COc1c(C)cc2c(c1O)[C@@H]1C3Cc4c(OC(C)=O)c(C)c5c(c4[C@H](CNC(=O)[C@H](C)N)N3[C@@H](C#N)[C@H](C2)N1C)OCO5.COc1c(C)cc2c(c1O)[C@@H]1C3Cc4c(OC(C)=O)c(C)c5c(c4[C@H](CNC(=O)[C@H](C)NC(=O)C(F)(F)F)N3[C@@H](C#N)[C@H](C2)N1C)OCO5. The van der Waals surface area contributed by atoms with Crippen LogP contribution in [-0.4, -0.2) is 169 Å². The number of aromatic hydroxyl groups is 2. The Bertz CT molecular complexity index is 3850. The molecule has 2 saturated heterocycles. The molecule has 0 aliphatic carbocycles. The second-order valence-corrected chi connectivity index (χ2v) is 24.7. The van der Waals surface area contributed by atoms with E-state index in [1.165, 1.54) is 28.1 Å². The molecule has 8 aliphatic heterocycles. The van der Waals surface area contributed by atoms with Gasteiger partial charge in [0.1, 0.15) is 29.6 Å². The number of alkyl halides is 3. The smallest absolute Gasteiger partial charge is 0.471 e. The monoisotopic (exact) mass is 1280 g/mol. The number of hydrogen-bond acceptors (Lipinski definition) is 22. The third-order valence-corrected chi connectivity index (χ3v) is 19.4. The number of phenolic OH excluding ortho intramolecular Hbond substituents is 2. The molecule has 7 N–H and O–H groups in total. The molecular formula is C64H73F3N10O15. The standard InChI is InChI=1S/C33H36F3N5O8.C31H37N5O7/c1-13-7-17-8-19-21(10-37)41-20(25(40(19)5)23(17)26(43)27(13)46-6)9-18-24(30-29(47-12-48-30)14(2)28(18)49-16(4)42)22(41)11-38-31(44)15(3)39-32(45)33(34,35)36;1-13-7-17-8-19-21(10-32)36-20(25(35(19)5)23(17)26(38)27(13)40-6)9-18-24(22(36)11-34-31(39)15(3)33)30-29(41-12-42-30)14(2)28(18)43-16(4)37/h7,15,19-22,25,43H,8-9,11-12H2,1-6H3,(H,38,44)(H,39,45);7,15,19-22,25,38H,8-9,11-12,33H2,1-6H3,(H,34,39)/t2*15-,19-,20?,21-,22-,25-/m00/s1. The lowest BCUT2D eigenvalue weighted by Crippen LogP contribution is -2.69. The van der Waals surface area contributed by atoms with Crippen LogP contribution in [0.4, 0.5) is 13.2 Å². The third-order valence-electron chi connectivity index (χ3n) is 19.4. The summed E-state index contributed by atoms with van der Waals surface area (Å²) in [6, 6.07) is 1.60. The van der Waals surface area contributed by atoms with Crippen LogP contribution in [0.2, 0.25) is 0 Å². The highest BCUT2D eigenvalue weighted by Crippen LogP contribution is 2.61. The van der Waals surface area contributed by atoms with E-state index in [-0.39, 0.29) is 80.4 Å². The average molecular weight is 1280 g/mol. The number of benzene rings is 4. The Morgan fingerprint density at radius 2 is 1.03 bits per heavy atom. The van der Waals surface area contributed by atoms with Crippen LogP contribution in [0, 0.1) is 50.4 Å². The number of amides is 3. The lowest BCUT2D eigenvalue weighted by molar-refractivity contribution is -0.174. The number of methoxy groups -OCH3 is 2. The second-order valence-electron chi connectivity index (χ2n) is 24.7. The van der Waals surface area contributed by atoms with Gasteiger partial charge in [0.15, 0.2) is 46.0 Å². The Hall–Kier alpha value is -8.80. The molecule has 2 fully saturated rings. The minimum Gasteiger partial charge on any atom is -0.504 e. The summed E-state index contributed by atoms with van der Waals surface area (Å²) in [6.07, 6.45) is -3.65. The number of hydrogen-bond donors (Lipinski definition) is 6. The zero-order chi connectivity index (χ0) is 66.6. The number of phenols is 2. The lowest BCUT2D eigenvalue weighted by atomic mass is 9.71. The number of ether oxygens (including phenoxy) is 8. The maximum atomic E-state index is 13.2. The van der Waals surface area contributed by atoms with Crippen LogP contribution in [0.3, 0.4) is 0 Å². The number of piperazine rings is 2. The summed E-state index contributed by atoms with van der Waals surface area (Å²) < 4.78 is 85.3. The van der Waals surface area contributed by atoms with Crippen molar-refractivity contribution in [1.29, 1.82) is 10.5 Å². The normalized spacial score (nSPS) is 25.2. The van der Waals surface area contributed by atoms with Crippen molar-refractivity contribution in [3.05, 3.63) is 78.9 Å². The summed E-state index contributed by atoms with van der Waals surface area (Å²) in [5.41, 5.74) is 14.3. The molecule has 2 unspecified atom stereocenters. The molecule has 12 rings (SSSR count). The highest BCUT2D eigenvalue weighted by atomic mass is 19.4. The molecule has 0 saturated carbocycles. The third kappa shape index (κ3) is 10.5. The summed E-state index contributed by atoms with van der Waals surface area (Å²) in [7, 11) is 6.85. The summed E-state index contributed by atoms with van der Waals surface area (Å²) in [6.45, 7) is 12.3. The van der Waals surface area contributed by atoms with Gasteiger partial charge in [0.05, 0.1) is 56.6 Å². The molecule has 0 aromatic heterocycles. The number of likely N-dealkylation sites (N-methyl/N-ethyl adjacent to an activating group) is 2. The number of esters is 2. The number of nitrogens with zero attached hydrogens (tertiary/aromatic N) is 6. The van der Waals surface area contributed by atoms with Gasteiger partial charge in [0.2, 0.25) is 25.4 Å². The number of fused-ring (bicyclic) bond motifs is 18. The first-order valence-electron chi connectivity index (χ1n) is 30.1. The van der Waals surface area contributed by atoms with Crippen LogP contribution < -0.4 is 59.6 Å². The molecule has 12 atom stereocenters. The van der Waals surface area contributed by atoms with E-state index in [1.54, 1.807) is 19.2 Å². The number of nitriles is 2. The summed E-state index contributed by atoms with van der Waals surface area (Å²) in [5, 5.41) is 52.0. The predicted molar refractivity (Wildman–Crippen MR) is 318 cm³/mol. The zero-order valence-electron chi connectivity index (χ0n) is 52.8. The van der Waals surface area contributed by atoms with E-state index in [4.69, 9.17) is 43.6 Å². The van der Waals surface area contributed by atoms with E-state index in [0.717, 1.165) is 40.3 Å². The first kappa shape index (κ1) is 64.7. The topological polar surface area (TPSA) is 322 Å². The fourth-order valence-corrected chi connectivity index (χ4v) is 15.7. The second kappa shape index (κ2) is 24.3. The summed E-state index contributed by atoms with van der Waals surface area (Å²) >= 11 is 0. The minimum atomic E-state index is -5.19. The Morgan fingerprint density at radius 3 is 1.39 bits per heavy atom. The van der Waals surface area contributed by atoms with E-state index in [2.05, 4.69) is 32.6 Å². The van der Waals surface area contributed by atoms with E-state index >= 15 is 0 Å². The fourth-order valence-electron chi connectivity index (χ4n) is 15.7. The van der Waals surface area contributed by atoms with Crippen molar-refractivity contribution >= 4 is 29.7 Å². The maximum absolute atomic E-state index is 13.2. The zero-order valence-corrected chi connectivity index (χ0v) is 52.8. The van der Waals surface area contributed by atoms with Gasteiger partial charge in [-0.1, -0.05) is 12.1 Å². The van der Waals surface area contributed by atoms with Crippen LogP contribution in [0.5, 0.6) is 57.5 Å². The molecular weight excluding hydrogens is 1210 g/mol. The molecule has 0 spiro atoms. The molecule has 92 heavy (non-hydrogen) atoms. The Balaban J connectivity index is 0.000000190. The van der Waals surface area contributed by atoms with Gasteiger partial charge in [-0.05, 0) is 104 Å². The van der Waals surface area contributed by atoms with Crippen LogP contribution in [-0.2, 0) is 49.7 Å². The van der Waals surface area contributed by atoms with Crippen molar-refractivity contribution in [2.75, 3.05) is 55.0 Å². The maximum Gasteiger partial charge on any atom is 0.471 e. The molecule has 25 nitrogen and oxygen atoms in total. The van der Waals surface area contributed by atoms with Crippen molar-refractivity contribution in [2.24, 2.45) is 5.73 Å². The molecule has 3 amide bonds.